The second-order valence-electron chi connectivity index (χ2n) is 4.78. The zero-order valence-electron chi connectivity index (χ0n) is 12.1. The zero-order chi connectivity index (χ0) is 17.9. The van der Waals surface area contributed by atoms with Crippen LogP contribution in [-0.2, 0) is 0 Å². The second kappa shape index (κ2) is 6.66. The molecule has 7 nitrogen and oxygen atoms in total. The van der Waals surface area contributed by atoms with Gasteiger partial charge in [0.2, 0.25) is 0 Å². The van der Waals surface area contributed by atoms with Gasteiger partial charge in [0.15, 0.2) is 18.4 Å². The van der Waals surface area contributed by atoms with Crippen LogP contribution in [0.5, 0.6) is 0 Å². The Balaban J connectivity index is 2.53. The first kappa shape index (κ1) is 16.8. The number of hydrogen-bond acceptors (Lipinski definition) is 5. The van der Waals surface area contributed by atoms with Crippen LogP contribution in [0.4, 0.5) is 0 Å². The summed E-state index contributed by atoms with van der Waals surface area (Å²) in [5, 5.41) is 18.1. The lowest BCUT2D eigenvalue weighted by Gasteiger charge is -2.07. The number of carboxylic acid groups (broad SMARTS) is 2. The van der Waals surface area contributed by atoms with Crippen molar-refractivity contribution in [2.45, 2.75) is 0 Å². The molecule has 0 fully saturated rings. The van der Waals surface area contributed by atoms with Gasteiger partial charge in [-0.1, -0.05) is 24.3 Å². The van der Waals surface area contributed by atoms with Gasteiger partial charge in [0, 0.05) is 22.3 Å². The fraction of sp³-hybridized carbons (Fsp3) is 0. The number of hydrogen-bond donors (Lipinski definition) is 2. The number of carbonyl (C=O) groups is 5. The van der Waals surface area contributed by atoms with Crippen LogP contribution in [0.1, 0.15) is 57.4 Å². The van der Waals surface area contributed by atoms with Gasteiger partial charge in [0.05, 0.1) is 11.1 Å². The molecule has 0 saturated heterocycles. The van der Waals surface area contributed by atoms with Gasteiger partial charge < -0.3 is 10.2 Å². The monoisotopic (exact) mass is 326 g/mol. The van der Waals surface area contributed by atoms with Crippen molar-refractivity contribution in [1.29, 1.82) is 0 Å². The van der Waals surface area contributed by atoms with Gasteiger partial charge in [0.25, 0.3) is 0 Å². The summed E-state index contributed by atoms with van der Waals surface area (Å²) in [5.41, 5.74) is -0.873. The minimum atomic E-state index is -1.37. The third-order valence-electron chi connectivity index (χ3n) is 3.35. The van der Waals surface area contributed by atoms with Crippen LogP contribution >= 0.6 is 0 Å². The predicted octanol–water partition coefficient (Wildman–Crippen LogP) is 1.94. The van der Waals surface area contributed by atoms with Crippen LogP contribution in [0, 0.1) is 0 Å². The number of carboxylic acids is 2. The van der Waals surface area contributed by atoms with Gasteiger partial charge in [-0.05, 0) is 12.1 Å². The van der Waals surface area contributed by atoms with E-state index in [1.165, 1.54) is 24.3 Å². The van der Waals surface area contributed by atoms with Crippen LogP contribution in [-0.4, -0.2) is 40.5 Å². The van der Waals surface area contributed by atoms with E-state index in [4.69, 9.17) is 10.2 Å². The van der Waals surface area contributed by atoms with Gasteiger partial charge in [-0.3, -0.25) is 14.4 Å². The molecule has 0 spiro atoms. The normalized spacial score (nSPS) is 10.0. The summed E-state index contributed by atoms with van der Waals surface area (Å²) in [7, 11) is 0. The van der Waals surface area contributed by atoms with Crippen LogP contribution in [0.2, 0.25) is 0 Å². The first-order valence-electron chi connectivity index (χ1n) is 6.58. The fourth-order valence-corrected chi connectivity index (χ4v) is 2.14. The Bertz CT molecular complexity index is 809. The van der Waals surface area contributed by atoms with Crippen molar-refractivity contribution in [1.82, 2.24) is 0 Å². The molecule has 24 heavy (non-hydrogen) atoms. The Kier molecular flexibility index (Phi) is 4.65. The molecule has 0 heterocycles. The van der Waals surface area contributed by atoms with Gasteiger partial charge in [-0.2, -0.15) is 0 Å². The molecule has 0 aliphatic heterocycles. The Morgan fingerprint density at radius 1 is 0.708 bits per heavy atom. The molecule has 2 aromatic carbocycles. The van der Waals surface area contributed by atoms with Crippen molar-refractivity contribution in [3.63, 3.8) is 0 Å². The molecule has 7 heteroatoms. The Morgan fingerprint density at radius 2 is 1.08 bits per heavy atom. The van der Waals surface area contributed by atoms with E-state index >= 15 is 0 Å². The molecule has 0 bridgehead atoms. The summed E-state index contributed by atoms with van der Waals surface area (Å²) >= 11 is 0. The van der Waals surface area contributed by atoms with E-state index in [0.717, 1.165) is 12.1 Å². The zero-order valence-corrected chi connectivity index (χ0v) is 12.1. The molecule has 0 aliphatic carbocycles. The minimum absolute atomic E-state index is 0.0202. The number of rotatable bonds is 6. The van der Waals surface area contributed by atoms with Gasteiger partial charge in [-0.15, -0.1) is 0 Å². The van der Waals surface area contributed by atoms with Crippen LogP contribution in [0.25, 0.3) is 0 Å². The maximum Gasteiger partial charge on any atom is 0.336 e. The van der Waals surface area contributed by atoms with Crippen LogP contribution < -0.4 is 0 Å². The Morgan fingerprint density at radius 3 is 1.38 bits per heavy atom. The highest BCUT2D eigenvalue weighted by molar-refractivity contribution is 6.12. The van der Waals surface area contributed by atoms with E-state index < -0.39 is 17.7 Å². The second-order valence-corrected chi connectivity index (χ2v) is 4.78. The van der Waals surface area contributed by atoms with E-state index in [-0.39, 0.29) is 33.4 Å². The third kappa shape index (κ3) is 3.09. The topological polar surface area (TPSA) is 126 Å². The summed E-state index contributed by atoms with van der Waals surface area (Å²) in [6.07, 6.45) is 0.720. The van der Waals surface area contributed by atoms with E-state index in [1.807, 2.05) is 0 Å². The quantitative estimate of drug-likeness (QED) is 0.613. The lowest BCUT2D eigenvalue weighted by molar-refractivity contribution is 0.0684. The van der Waals surface area contributed by atoms with Gasteiger partial charge >= 0.3 is 11.9 Å². The molecule has 2 aromatic rings. The fourth-order valence-electron chi connectivity index (χ4n) is 2.14. The molecule has 0 aliphatic rings. The molecule has 2 N–H and O–H groups in total. The molecular weight excluding hydrogens is 316 g/mol. The maximum absolute atomic E-state index is 12.4. The van der Waals surface area contributed by atoms with Crippen molar-refractivity contribution < 1.29 is 34.2 Å². The van der Waals surface area contributed by atoms with E-state index in [2.05, 4.69) is 0 Å². The van der Waals surface area contributed by atoms with E-state index in [0.29, 0.717) is 12.6 Å². The number of ketones is 1. The SMILES string of the molecule is O=Cc1ccc(C(=O)c2ccc(C=O)c(C(=O)O)c2)cc1C(=O)O. The molecule has 0 aromatic heterocycles. The lowest BCUT2D eigenvalue weighted by Crippen LogP contribution is -2.09. The predicted molar refractivity (Wildman–Crippen MR) is 81.0 cm³/mol. The lowest BCUT2D eigenvalue weighted by atomic mass is 9.96. The number of benzene rings is 2. The molecule has 0 saturated carbocycles. The van der Waals surface area contributed by atoms with Crippen molar-refractivity contribution in [3.05, 3.63) is 69.8 Å². The first-order chi connectivity index (χ1) is 11.4. The smallest absolute Gasteiger partial charge is 0.336 e. The summed E-state index contributed by atoms with van der Waals surface area (Å²) < 4.78 is 0. The van der Waals surface area contributed by atoms with E-state index in [1.54, 1.807) is 0 Å². The Hall–Kier alpha value is -3.61. The molecule has 0 atom stereocenters. The van der Waals surface area contributed by atoms with Crippen molar-refractivity contribution in [2.24, 2.45) is 0 Å². The first-order valence-corrected chi connectivity index (χ1v) is 6.58. The standard InChI is InChI=1S/C17H10O7/c18-7-11-3-1-9(5-13(11)16(21)22)15(20)10-2-4-12(8-19)14(6-10)17(23)24/h1-8H,(H,21,22)(H,23,24). The van der Waals surface area contributed by atoms with Crippen molar-refractivity contribution >= 4 is 30.3 Å². The molecule has 120 valence electrons. The minimum Gasteiger partial charge on any atom is -0.478 e. The molecule has 0 amide bonds. The average molecular weight is 326 g/mol. The number of aldehydes is 2. The summed E-state index contributed by atoms with van der Waals surface area (Å²) in [6, 6.07) is 7.02. The van der Waals surface area contributed by atoms with Crippen LogP contribution in [0.15, 0.2) is 36.4 Å². The number of carbonyl (C=O) groups excluding carboxylic acids is 3. The Labute approximate surface area is 135 Å². The maximum atomic E-state index is 12.4. The van der Waals surface area contributed by atoms with Crippen molar-refractivity contribution in [3.8, 4) is 0 Å². The average Bonchev–Trinajstić information content (AvgIpc) is 2.59. The largest absolute Gasteiger partial charge is 0.478 e. The van der Waals surface area contributed by atoms with E-state index in [9.17, 15) is 24.0 Å². The highest BCUT2D eigenvalue weighted by atomic mass is 16.4. The summed E-state index contributed by atoms with van der Waals surface area (Å²) in [4.78, 5) is 56.3. The highest BCUT2D eigenvalue weighted by Crippen LogP contribution is 2.17. The van der Waals surface area contributed by atoms with Crippen LogP contribution in [0.3, 0.4) is 0 Å². The highest BCUT2D eigenvalue weighted by Gasteiger charge is 2.18. The third-order valence-corrected chi connectivity index (χ3v) is 3.35. The summed E-state index contributed by atoms with van der Waals surface area (Å²) in [5.74, 6) is -3.36. The summed E-state index contributed by atoms with van der Waals surface area (Å²) in [6.45, 7) is 0. The van der Waals surface area contributed by atoms with Crippen molar-refractivity contribution in [2.75, 3.05) is 0 Å². The molecular formula is C17H10O7. The number of aromatic carboxylic acids is 2. The van der Waals surface area contributed by atoms with Gasteiger partial charge in [0.1, 0.15) is 0 Å². The van der Waals surface area contributed by atoms with Gasteiger partial charge in [-0.25, -0.2) is 9.59 Å². The molecule has 0 unspecified atom stereocenters. The molecule has 2 rings (SSSR count). The molecule has 0 radical (unpaired) electrons.